The molecule has 0 bridgehead atoms. The molecule has 2 heterocycles. The van der Waals surface area contributed by atoms with E-state index < -0.39 is 0 Å². The highest BCUT2D eigenvalue weighted by Crippen LogP contribution is 2.20. The van der Waals surface area contributed by atoms with Crippen LogP contribution >= 0.6 is 15.9 Å². The number of nitrogens with zero attached hydrogens (tertiary/aromatic N) is 3. The van der Waals surface area contributed by atoms with Gasteiger partial charge in [0.1, 0.15) is 11.5 Å². The Morgan fingerprint density at radius 3 is 2.89 bits per heavy atom. The van der Waals surface area contributed by atoms with Crippen LogP contribution in [0.15, 0.2) is 35.3 Å². The Morgan fingerprint density at radius 2 is 2.16 bits per heavy atom. The number of rotatable bonds is 4. The molecular weight excluding hydrogens is 310 g/mol. The summed E-state index contributed by atoms with van der Waals surface area (Å²) in [5.41, 5.74) is 0.887. The average molecular weight is 322 g/mol. The first-order valence-electron chi connectivity index (χ1n) is 5.67. The zero-order chi connectivity index (χ0) is 13.7. The Kier molecular flexibility index (Phi) is 4.40. The molecule has 2 aromatic heterocycles. The monoisotopic (exact) mass is 321 g/mol. The van der Waals surface area contributed by atoms with Crippen LogP contribution in [0.25, 0.3) is 0 Å². The summed E-state index contributed by atoms with van der Waals surface area (Å²) < 4.78 is 0.708. The van der Waals surface area contributed by atoms with Gasteiger partial charge in [-0.15, -0.1) is 0 Å². The quantitative estimate of drug-likeness (QED) is 0.903. The van der Waals surface area contributed by atoms with Crippen molar-refractivity contribution in [2.75, 3.05) is 17.2 Å². The normalized spacial score (nSPS) is 10.0. The van der Waals surface area contributed by atoms with Crippen LogP contribution in [0, 0.1) is 0 Å². The van der Waals surface area contributed by atoms with Crippen LogP contribution in [0.5, 0.6) is 0 Å². The van der Waals surface area contributed by atoms with E-state index in [4.69, 9.17) is 0 Å². The number of amides is 1. The van der Waals surface area contributed by atoms with Crippen molar-refractivity contribution >= 4 is 33.3 Å². The van der Waals surface area contributed by atoms with Crippen LogP contribution < -0.4 is 10.6 Å². The predicted octanol–water partition coefficient (Wildman–Crippen LogP) is 2.32. The van der Waals surface area contributed by atoms with Gasteiger partial charge in [-0.2, -0.15) is 0 Å². The lowest BCUT2D eigenvalue weighted by Crippen LogP contribution is -2.15. The molecule has 1 amide bonds. The third-order valence-electron chi connectivity index (χ3n) is 2.25. The summed E-state index contributed by atoms with van der Waals surface area (Å²) in [5.74, 6) is 0.253. The van der Waals surface area contributed by atoms with Crippen molar-refractivity contribution in [2.45, 2.75) is 6.92 Å². The van der Waals surface area contributed by atoms with E-state index in [1.54, 1.807) is 24.7 Å². The van der Waals surface area contributed by atoms with E-state index in [1.165, 1.54) is 6.20 Å². The van der Waals surface area contributed by atoms with E-state index in [2.05, 4.69) is 41.5 Å². The van der Waals surface area contributed by atoms with Gasteiger partial charge in [-0.3, -0.25) is 14.8 Å². The number of nitrogens with one attached hydrogen (secondary N) is 2. The van der Waals surface area contributed by atoms with E-state index in [0.29, 0.717) is 16.0 Å². The fraction of sp³-hybridized carbons (Fsp3) is 0.167. The molecule has 0 unspecified atom stereocenters. The molecule has 2 rings (SSSR count). The Labute approximate surface area is 118 Å². The summed E-state index contributed by atoms with van der Waals surface area (Å²) in [4.78, 5) is 24.1. The lowest BCUT2D eigenvalue weighted by molar-refractivity contribution is 0.102. The van der Waals surface area contributed by atoms with Gasteiger partial charge in [0.25, 0.3) is 5.91 Å². The zero-order valence-electron chi connectivity index (χ0n) is 10.2. The van der Waals surface area contributed by atoms with Gasteiger partial charge in [-0.25, -0.2) is 4.98 Å². The van der Waals surface area contributed by atoms with E-state index >= 15 is 0 Å². The van der Waals surface area contributed by atoms with E-state index in [0.717, 1.165) is 6.54 Å². The number of aromatic nitrogens is 3. The topological polar surface area (TPSA) is 79.8 Å². The molecule has 2 N–H and O–H groups in total. The summed E-state index contributed by atoms with van der Waals surface area (Å²) in [6, 6.07) is 1.70. The molecule has 6 nitrogen and oxygen atoms in total. The van der Waals surface area contributed by atoms with Crippen molar-refractivity contribution in [1.29, 1.82) is 0 Å². The largest absolute Gasteiger partial charge is 0.369 e. The molecule has 98 valence electrons. The molecule has 0 atom stereocenters. The van der Waals surface area contributed by atoms with Crippen molar-refractivity contribution in [3.63, 3.8) is 0 Å². The predicted molar refractivity (Wildman–Crippen MR) is 76.1 cm³/mol. The third-order valence-corrected chi connectivity index (χ3v) is 2.88. The zero-order valence-corrected chi connectivity index (χ0v) is 11.8. The maximum atomic E-state index is 12.0. The van der Waals surface area contributed by atoms with E-state index in [1.807, 2.05) is 6.92 Å². The van der Waals surface area contributed by atoms with Crippen molar-refractivity contribution in [3.05, 3.63) is 41.0 Å². The second kappa shape index (κ2) is 6.24. The first kappa shape index (κ1) is 13.4. The number of hydrogen-bond acceptors (Lipinski definition) is 5. The molecule has 2 aromatic rings. The van der Waals surface area contributed by atoms with Crippen LogP contribution in [0.1, 0.15) is 17.4 Å². The van der Waals surface area contributed by atoms with Crippen LogP contribution in [0.4, 0.5) is 11.5 Å². The summed E-state index contributed by atoms with van der Waals surface area (Å²) in [5, 5.41) is 5.74. The Morgan fingerprint density at radius 1 is 1.32 bits per heavy atom. The molecule has 7 heteroatoms. The molecule has 0 aromatic carbocycles. The number of carbonyl (C=O) groups is 1. The summed E-state index contributed by atoms with van der Waals surface area (Å²) >= 11 is 3.31. The number of carbonyl (C=O) groups excluding carboxylic acids is 1. The number of anilines is 2. The first-order valence-corrected chi connectivity index (χ1v) is 6.46. The fourth-order valence-electron chi connectivity index (χ4n) is 1.40. The van der Waals surface area contributed by atoms with Crippen LogP contribution in [0.3, 0.4) is 0 Å². The highest BCUT2D eigenvalue weighted by Gasteiger charge is 2.10. The van der Waals surface area contributed by atoms with Gasteiger partial charge in [-0.1, -0.05) is 0 Å². The molecular formula is C12H12BrN5O. The maximum absolute atomic E-state index is 12.0. The number of halogens is 1. The molecule has 0 saturated heterocycles. The highest BCUT2D eigenvalue weighted by atomic mass is 79.9. The molecule has 0 spiro atoms. The van der Waals surface area contributed by atoms with Crippen molar-refractivity contribution in [2.24, 2.45) is 0 Å². The standard InChI is InChI=1S/C12H12BrN5O/c1-2-16-11-7-15-6-10(17-11)12(19)18-9-3-4-14-5-8(9)13/h3-7H,2H2,1H3,(H,16,17)(H,14,18,19). The van der Waals surface area contributed by atoms with Gasteiger partial charge in [0.2, 0.25) is 0 Å². The molecule has 0 aliphatic carbocycles. The second-order valence-electron chi connectivity index (χ2n) is 3.63. The second-order valence-corrected chi connectivity index (χ2v) is 4.48. The van der Waals surface area contributed by atoms with E-state index in [9.17, 15) is 4.79 Å². The fourth-order valence-corrected chi connectivity index (χ4v) is 1.75. The summed E-state index contributed by atoms with van der Waals surface area (Å²) in [7, 11) is 0. The Bertz CT molecular complexity index is 590. The maximum Gasteiger partial charge on any atom is 0.275 e. The molecule has 0 saturated carbocycles. The van der Waals surface area contributed by atoms with Crippen LogP contribution in [0.2, 0.25) is 0 Å². The van der Waals surface area contributed by atoms with Gasteiger partial charge in [-0.05, 0) is 28.9 Å². The minimum atomic E-state index is -0.320. The van der Waals surface area contributed by atoms with Gasteiger partial charge in [0.15, 0.2) is 0 Å². The minimum Gasteiger partial charge on any atom is -0.369 e. The molecule has 0 radical (unpaired) electrons. The summed E-state index contributed by atoms with van der Waals surface area (Å²) in [6.07, 6.45) is 6.20. The SMILES string of the molecule is CCNc1cncc(C(=O)Nc2ccncc2Br)n1. The van der Waals surface area contributed by atoms with Crippen LogP contribution in [-0.2, 0) is 0 Å². The van der Waals surface area contributed by atoms with Gasteiger partial charge < -0.3 is 10.6 Å². The number of pyridine rings is 1. The highest BCUT2D eigenvalue weighted by molar-refractivity contribution is 9.10. The molecule has 0 aliphatic heterocycles. The number of hydrogen-bond donors (Lipinski definition) is 2. The molecule has 19 heavy (non-hydrogen) atoms. The van der Waals surface area contributed by atoms with Gasteiger partial charge >= 0.3 is 0 Å². The lowest BCUT2D eigenvalue weighted by Gasteiger charge is -2.07. The minimum absolute atomic E-state index is 0.252. The van der Waals surface area contributed by atoms with Gasteiger partial charge in [0, 0.05) is 18.9 Å². The van der Waals surface area contributed by atoms with Crippen molar-refractivity contribution in [1.82, 2.24) is 15.0 Å². The Hall–Kier alpha value is -2.02. The van der Waals surface area contributed by atoms with E-state index in [-0.39, 0.29) is 11.6 Å². The molecule has 0 fully saturated rings. The third kappa shape index (κ3) is 3.47. The smallest absolute Gasteiger partial charge is 0.275 e. The Balaban J connectivity index is 2.16. The van der Waals surface area contributed by atoms with Crippen molar-refractivity contribution < 1.29 is 4.79 Å². The summed E-state index contributed by atoms with van der Waals surface area (Å²) in [6.45, 7) is 2.66. The average Bonchev–Trinajstić information content (AvgIpc) is 2.42. The van der Waals surface area contributed by atoms with Crippen LogP contribution in [-0.4, -0.2) is 27.4 Å². The van der Waals surface area contributed by atoms with Gasteiger partial charge in [0.05, 0.1) is 22.6 Å². The van der Waals surface area contributed by atoms with Crippen molar-refractivity contribution in [3.8, 4) is 0 Å². The molecule has 0 aliphatic rings. The lowest BCUT2D eigenvalue weighted by atomic mass is 10.3. The first-order chi connectivity index (χ1) is 9.20.